The highest BCUT2D eigenvalue weighted by molar-refractivity contribution is 7.17. The minimum Gasteiger partial charge on any atom is -0.310 e. The zero-order chi connectivity index (χ0) is 39.8. The smallest absolute Gasteiger partial charge is 0.161 e. The number of nitrogens with zero attached hydrogens (tertiary/aromatic N) is 3. The van der Waals surface area contributed by atoms with Crippen LogP contribution in [-0.4, -0.2) is 9.97 Å². The van der Waals surface area contributed by atoms with Crippen molar-refractivity contribution in [2.24, 2.45) is 0 Å². The normalized spacial score (nSPS) is 12.3. The molecule has 4 heteroatoms. The van der Waals surface area contributed by atoms with E-state index >= 15 is 0 Å². The Hall–Kier alpha value is -7.40. The topological polar surface area (TPSA) is 29.0 Å². The fourth-order valence-electron chi connectivity index (χ4n) is 8.71. The van der Waals surface area contributed by atoms with Crippen LogP contribution in [0, 0.1) is 0 Å². The summed E-state index contributed by atoms with van der Waals surface area (Å²) in [6, 6.07) is 73.6. The fourth-order valence-corrected chi connectivity index (χ4v) is 9.94. The summed E-state index contributed by atoms with van der Waals surface area (Å²) in [6.45, 7) is 0. The van der Waals surface area contributed by atoms with Crippen LogP contribution < -0.4 is 14.7 Å². The van der Waals surface area contributed by atoms with E-state index in [-0.39, 0.29) is 0 Å². The molecule has 2 aromatic heterocycles. The largest absolute Gasteiger partial charge is 0.310 e. The Morgan fingerprint density at radius 1 is 0.433 bits per heavy atom. The Kier molecular flexibility index (Phi) is 9.18. The second-order valence-electron chi connectivity index (χ2n) is 15.2. The molecule has 60 heavy (non-hydrogen) atoms. The molecule has 10 aromatic rings. The molecule has 0 bridgehead atoms. The maximum absolute atomic E-state index is 5.30. The first-order chi connectivity index (χ1) is 29.7. The lowest BCUT2D eigenvalue weighted by Crippen LogP contribution is -2.25. The number of thiophene rings is 1. The van der Waals surface area contributed by atoms with Gasteiger partial charge in [-0.2, -0.15) is 0 Å². The average Bonchev–Trinajstić information content (AvgIpc) is 3.71. The van der Waals surface area contributed by atoms with Gasteiger partial charge >= 0.3 is 0 Å². The molecule has 0 unspecified atom stereocenters. The molecule has 8 aromatic carbocycles. The molecule has 2 heterocycles. The molecule has 1 aliphatic rings. The SMILES string of the molecule is C1=c2sc3cc(N(c4ccc(-c5ccccc5)cc4)c4ccc(-c5ccccc5)cc4)ccc3c2=C(c2ccccc2-c2nc(-c3ccccc3)c3ccccc3n2)CC1. The Morgan fingerprint density at radius 3 is 1.62 bits per heavy atom. The van der Waals surface area contributed by atoms with E-state index < -0.39 is 0 Å². The molecule has 0 atom stereocenters. The van der Waals surface area contributed by atoms with Gasteiger partial charge in [0.05, 0.1) is 11.2 Å². The van der Waals surface area contributed by atoms with Crippen molar-refractivity contribution in [3.8, 4) is 44.9 Å². The van der Waals surface area contributed by atoms with E-state index in [9.17, 15) is 0 Å². The summed E-state index contributed by atoms with van der Waals surface area (Å²) in [5, 5.41) is 3.66. The van der Waals surface area contributed by atoms with Crippen LogP contribution in [0.15, 0.2) is 206 Å². The van der Waals surface area contributed by atoms with Crippen LogP contribution in [0.1, 0.15) is 18.4 Å². The third-order valence-electron chi connectivity index (χ3n) is 11.6. The van der Waals surface area contributed by atoms with Gasteiger partial charge in [0.15, 0.2) is 5.82 Å². The Labute approximate surface area is 353 Å². The molecule has 3 nitrogen and oxygen atoms in total. The number of aromatic nitrogens is 2. The highest BCUT2D eigenvalue weighted by atomic mass is 32.1. The Bertz CT molecular complexity index is 3200. The summed E-state index contributed by atoms with van der Waals surface area (Å²) >= 11 is 1.89. The molecule has 11 rings (SSSR count). The van der Waals surface area contributed by atoms with Gasteiger partial charge < -0.3 is 4.90 Å². The van der Waals surface area contributed by atoms with Gasteiger partial charge in [-0.1, -0.05) is 170 Å². The monoisotopic (exact) mass is 785 g/mol. The maximum Gasteiger partial charge on any atom is 0.161 e. The van der Waals surface area contributed by atoms with Crippen LogP contribution in [0.3, 0.4) is 0 Å². The van der Waals surface area contributed by atoms with E-state index in [1.807, 2.05) is 11.3 Å². The summed E-state index contributed by atoms with van der Waals surface area (Å²) in [4.78, 5) is 12.9. The average molecular weight is 786 g/mol. The van der Waals surface area contributed by atoms with Crippen LogP contribution in [0.5, 0.6) is 0 Å². The van der Waals surface area contributed by atoms with Crippen LogP contribution in [-0.2, 0) is 0 Å². The van der Waals surface area contributed by atoms with Crippen molar-refractivity contribution in [3.05, 3.63) is 222 Å². The molecule has 0 aliphatic heterocycles. The van der Waals surface area contributed by atoms with E-state index in [0.717, 1.165) is 63.5 Å². The first-order valence-corrected chi connectivity index (χ1v) is 21.4. The second-order valence-corrected chi connectivity index (χ2v) is 16.3. The number of benzene rings is 8. The number of fused-ring (bicyclic) bond motifs is 4. The number of anilines is 3. The van der Waals surface area contributed by atoms with Gasteiger partial charge in [0.1, 0.15) is 0 Å². The quantitative estimate of drug-likeness (QED) is 0.154. The summed E-state index contributed by atoms with van der Waals surface area (Å²) in [5.41, 5.74) is 14.8. The number of para-hydroxylation sites is 1. The summed E-state index contributed by atoms with van der Waals surface area (Å²) in [6.07, 6.45) is 4.36. The van der Waals surface area contributed by atoms with Crippen LogP contribution in [0.4, 0.5) is 17.1 Å². The van der Waals surface area contributed by atoms with Crippen LogP contribution in [0.2, 0.25) is 0 Å². The maximum atomic E-state index is 5.30. The molecule has 0 saturated heterocycles. The van der Waals surface area contributed by atoms with Gasteiger partial charge in [-0.05, 0) is 88.7 Å². The van der Waals surface area contributed by atoms with Crippen molar-refractivity contribution < 1.29 is 0 Å². The van der Waals surface area contributed by atoms with Crippen molar-refractivity contribution in [2.75, 3.05) is 4.90 Å². The van der Waals surface area contributed by atoms with Gasteiger partial charge in [-0.3, -0.25) is 0 Å². The molecular formula is C56H39N3S. The number of rotatable bonds is 8. The molecule has 0 amide bonds. The highest BCUT2D eigenvalue weighted by Gasteiger charge is 2.20. The molecule has 284 valence electrons. The minimum atomic E-state index is 0.751. The van der Waals surface area contributed by atoms with E-state index in [4.69, 9.17) is 9.97 Å². The Morgan fingerprint density at radius 2 is 0.967 bits per heavy atom. The predicted molar refractivity (Wildman–Crippen MR) is 253 cm³/mol. The lowest BCUT2D eigenvalue weighted by Gasteiger charge is -2.26. The molecule has 0 fully saturated rings. The standard InChI is InChI=1S/C56H39N3S/c1-4-15-38(16-5-1)40-27-31-43(32-28-40)59(44-33-29-41(30-34-44)39-17-6-2-7-18-39)45-35-36-50-53(37-45)60-52-26-14-24-47(54(50)52)46-21-10-11-22-48(46)56-57-51-25-13-12-23-49(51)55(58-56)42-19-8-3-9-20-42/h1-13,15-23,25-37H,14,24H2. The first kappa shape index (κ1) is 35.7. The molecule has 1 aliphatic carbocycles. The van der Waals surface area contributed by atoms with E-state index in [1.165, 1.54) is 53.2 Å². The number of hydrogen-bond donors (Lipinski definition) is 0. The van der Waals surface area contributed by atoms with Gasteiger partial charge in [-0.15, -0.1) is 11.3 Å². The van der Waals surface area contributed by atoms with Gasteiger partial charge in [0.25, 0.3) is 0 Å². The predicted octanol–water partition coefficient (Wildman–Crippen LogP) is 13.8. The lowest BCUT2D eigenvalue weighted by molar-refractivity contribution is 1.09. The van der Waals surface area contributed by atoms with Gasteiger partial charge in [0.2, 0.25) is 0 Å². The van der Waals surface area contributed by atoms with Gasteiger partial charge in [-0.25, -0.2) is 9.97 Å². The molecule has 0 N–H and O–H groups in total. The fraction of sp³-hybridized carbons (Fsp3) is 0.0357. The lowest BCUT2D eigenvalue weighted by atomic mass is 9.91. The van der Waals surface area contributed by atoms with Gasteiger partial charge in [0, 0.05) is 53.4 Å². The zero-order valence-corrected chi connectivity index (χ0v) is 33.7. The van der Waals surface area contributed by atoms with E-state index in [2.05, 4.69) is 217 Å². The summed E-state index contributed by atoms with van der Waals surface area (Å²) in [7, 11) is 0. The first-order valence-electron chi connectivity index (χ1n) is 20.5. The van der Waals surface area contributed by atoms with Crippen LogP contribution in [0.25, 0.3) is 77.5 Å². The Balaban J connectivity index is 1.05. The van der Waals surface area contributed by atoms with Crippen molar-refractivity contribution in [2.45, 2.75) is 12.8 Å². The zero-order valence-electron chi connectivity index (χ0n) is 32.9. The van der Waals surface area contributed by atoms with Crippen molar-refractivity contribution in [1.29, 1.82) is 0 Å². The van der Waals surface area contributed by atoms with Crippen molar-refractivity contribution >= 4 is 61.0 Å². The van der Waals surface area contributed by atoms with Crippen molar-refractivity contribution in [1.82, 2.24) is 9.97 Å². The van der Waals surface area contributed by atoms with E-state index in [0.29, 0.717) is 0 Å². The number of hydrogen-bond acceptors (Lipinski definition) is 4. The molecular weight excluding hydrogens is 747 g/mol. The summed E-state index contributed by atoms with van der Waals surface area (Å²) < 4.78 is 2.60. The third kappa shape index (κ3) is 6.57. The molecule has 0 spiro atoms. The summed E-state index contributed by atoms with van der Waals surface area (Å²) in [5.74, 6) is 0.751. The highest BCUT2D eigenvalue weighted by Crippen LogP contribution is 2.39. The third-order valence-corrected chi connectivity index (χ3v) is 12.7. The molecule has 0 radical (unpaired) electrons. The second kappa shape index (κ2) is 15.4. The minimum absolute atomic E-state index is 0.751. The van der Waals surface area contributed by atoms with Crippen LogP contribution >= 0.6 is 11.3 Å². The van der Waals surface area contributed by atoms with E-state index in [1.54, 1.807) is 0 Å². The van der Waals surface area contributed by atoms with Crippen molar-refractivity contribution in [3.63, 3.8) is 0 Å². The molecule has 0 saturated carbocycles.